The van der Waals surface area contributed by atoms with E-state index >= 15 is 0 Å². The Morgan fingerprint density at radius 1 is 1.41 bits per heavy atom. The standard InChI is InChI=1S/C15H23NO/c1-12(16-11-15(2)8-5-9-15)13-6-4-7-14(10-13)17-3/h4,6-7,10,12,16H,5,8-9,11H2,1-3H3. The molecule has 0 aromatic heterocycles. The third kappa shape index (κ3) is 3.01. The van der Waals surface area contributed by atoms with Gasteiger partial charge in [-0.25, -0.2) is 0 Å². The molecule has 0 saturated heterocycles. The molecule has 1 saturated carbocycles. The van der Waals surface area contributed by atoms with Gasteiger partial charge in [0.25, 0.3) is 0 Å². The maximum atomic E-state index is 5.25. The molecule has 1 aromatic carbocycles. The molecule has 1 unspecified atom stereocenters. The first kappa shape index (κ1) is 12.4. The first-order valence-electron chi connectivity index (χ1n) is 6.50. The molecule has 0 aliphatic heterocycles. The second-order valence-electron chi connectivity index (χ2n) is 5.54. The molecule has 1 N–H and O–H groups in total. The van der Waals surface area contributed by atoms with Crippen LogP contribution in [0.2, 0.25) is 0 Å². The molecule has 94 valence electrons. The molecular weight excluding hydrogens is 210 g/mol. The number of nitrogens with one attached hydrogen (secondary N) is 1. The maximum Gasteiger partial charge on any atom is 0.119 e. The van der Waals surface area contributed by atoms with Crippen molar-refractivity contribution < 1.29 is 4.74 Å². The van der Waals surface area contributed by atoms with Crippen LogP contribution in [0.15, 0.2) is 24.3 Å². The van der Waals surface area contributed by atoms with Gasteiger partial charge in [0, 0.05) is 12.6 Å². The van der Waals surface area contributed by atoms with Gasteiger partial charge in [-0.05, 0) is 42.9 Å². The average Bonchev–Trinajstić information content (AvgIpc) is 2.33. The van der Waals surface area contributed by atoms with E-state index in [9.17, 15) is 0 Å². The lowest BCUT2D eigenvalue weighted by atomic mass is 9.70. The summed E-state index contributed by atoms with van der Waals surface area (Å²) in [5.74, 6) is 0.936. The predicted molar refractivity (Wildman–Crippen MR) is 71.4 cm³/mol. The highest BCUT2D eigenvalue weighted by molar-refractivity contribution is 5.30. The van der Waals surface area contributed by atoms with Crippen LogP contribution in [0, 0.1) is 5.41 Å². The Kier molecular flexibility index (Phi) is 3.72. The summed E-state index contributed by atoms with van der Waals surface area (Å²) in [4.78, 5) is 0. The van der Waals surface area contributed by atoms with E-state index in [1.807, 2.05) is 6.07 Å². The zero-order valence-corrected chi connectivity index (χ0v) is 11.1. The minimum Gasteiger partial charge on any atom is -0.497 e. The summed E-state index contributed by atoms with van der Waals surface area (Å²) < 4.78 is 5.25. The first-order chi connectivity index (χ1) is 8.13. The fourth-order valence-corrected chi connectivity index (χ4v) is 2.39. The van der Waals surface area contributed by atoms with Gasteiger partial charge in [0.1, 0.15) is 5.75 Å². The van der Waals surface area contributed by atoms with Gasteiger partial charge in [-0.1, -0.05) is 25.5 Å². The summed E-state index contributed by atoms with van der Waals surface area (Å²) in [5.41, 5.74) is 1.83. The third-order valence-corrected chi connectivity index (χ3v) is 3.99. The smallest absolute Gasteiger partial charge is 0.119 e. The number of hydrogen-bond acceptors (Lipinski definition) is 2. The van der Waals surface area contributed by atoms with Gasteiger partial charge in [-0.2, -0.15) is 0 Å². The molecular formula is C15H23NO. The molecule has 2 rings (SSSR count). The van der Waals surface area contributed by atoms with Crippen molar-refractivity contribution in [3.05, 3.63) is 29.8 Å². The van der Waals surface area contributed by atoms with E-state index in [0.717, 1.165) is 12.3 Å². The molecule has 0 amide bonds. The van der Waals surface area contributed by atoms with Gasteiger partial charge in [0.2, 0.25) is 0 Å². The molecule has 1 aliphatic carbocycles. The van der Waals surface area contributed by atoms with Gasteiger partial charge in [0.05, 0.1) is 7.11 Å². The summed E-state index contributed by atoms with van der Waals surface area (Å²) in [6, 6.07) is 8.70. The van der Waals surface area contributed by atoms with Crippen LogP contribution in [-0.4, -0.2) is 13.7 Å². The number of benzene rings is 1. The van der Waals surface area contributed by atoms with Crippen molar-refractivity contribution in [3.63, 3.8) is 0 Å². The minimum atomic E-state index is 0.391. The summed E-state index contributed by atoms with van der Waals surface area (Å²) in [7, 11) is 1.71. The van der Waals surface area contributed by atoms with Gasteiger partial charge < -0.3 is 10.1 Å². The number of methoxy groups -OCH3 is 1. The molecule has 1 fully saturated rings. The maximum absolute atomic E-state index is 5.25. The quantitative estimate of drug-likeness (QED) is 0.840. The summed E-state index contributed by atoms with van der Waals surface area (Å²) in [5, 5.41) is 3.64. The highest BCUT2D eigenvalue weighted by Gasteiger charge is 2.31. The molecule has 0 spiro atoms. The van der Waals surface area contributed by atoms with Gasteiger partial charge in [-0.3, -0.25) is 0 Å². The molecule has 2 nitrogen and oxygen atoms in total. The van der Waals surface area contributed by atoms with Crippen LogP contribution >= 0.6 is 0 Å². The van der Waals surface area contributed by atoms with E-state index in [4.69, 9.17) is 4.74 Å². The highest BCUT2D eigenvalue weighted by atomic mass is 16.5. The fourth-order valence-electron chi connectivity index (χ4n) is 2.39. The second-order valence-corrected chi connectivity index (χ2v) is 5.54. The summed E-state index contributed by atoms with van der Waals surface area (Å²) in [6.45, 7) is 5.71. The molecule has 17 heavy (non-hydrogen) atoms. The molecule has 0 radical (unpaired) electrons. The lowest BCUT2D eigenvalue weighted by Gasteiger charge is -2.39. The number of ether oxygens (including phenoxy) is 1. The Labute approximate surface area is 104 Å². The third-order valence-electron chi connectivity index (χ3n) is 3.99. The van der Waals surface area contributed by atoms with Gasteiger partial charge in [-0.15, -0.1) is 0 Å². The fraction of sp³-hybridized carbons (Fsp3) is 0.600. The largest absolute Gasteiger partial charge is 0.497 e. The van der Waals surface area contributed by atoms with Crippen LogP contribution in [0.5, 0.6) is 5.75 Å². The normalized spacial score (nSPS) is 19.5. The Hall–Kier alpha value is -1.02. The first-order valence-corrected chi connectivity index (χ1v) is 6.50. The van der Waals surface area contributed by atoms with Crippen molar-refractivity contribution in [1.29, 1.82) is 0 Å². The topological polar surface area (TPSA) is 21.3 Å². The zero-order valence-electron chi connectivity index (χ0n) is 11.1. The van der Waals surface area contributed by atoms with E-state index in [1.165, 1.54) is 24.8 Å². The SMILES string of the molecule is COc1cccc(C(C)NCC2(C)CCC2)c1. The summed E-state index contributed by atoms with van der Waals surface area (Å²) in [6.07, 6.45) is 4.13. The van der Waals surface area contributed by atoms with Crippen molar-refractivity contribution in [3.8, 4) is 5.75 Å². The van der Waals surface area contributed by atoms with Crippen LogP contribution in [0.1, 0.15) is 44.7 Å². The Morgan fingerprint density at radius 3 is 2.76 bits per heavy atom. The number of hydrogen-bond donors (Lipinski definition) is 1. The van der Waals surface area contributed by atoms with Gasteiger partial charge in [0.15, 0.2) is 0 Å². The minimum absolute atomic E-state index is 0.391. The Bertz CT molecular complexity index is 371. The predicted octanol–water partition coefficient (Wildman–Crippen LogP) is 3.54. The van der Waals surface area contributed by atoms with Crippen molar-refractivity contribution in [2.24, 2.45) is 5.41 Å². The molecule has 1 aliphatic rings. The number of rotatable bonds is 5. The van der Waals surface area contributed by atoms with Crippen molar-refractivity contribution in [1.82, 2.24) is 5.32 Å². The molecule has 1 aromatic rings. The monoisotopic (exact) mass is 233 g/mol. The van der Waals surface area contributed by atoms with Gasteiger partial charge >= 0.3 is 0 Å². The molecule has 1 atom stereocenters. The lowest BCUT2D eigenvalue weighted by Crippen LogP contribution is -2.38. The molecule has 2 heteroatoms. The van der Waals surface area contributed by atoms with Crippen LogP contribution in [-0.2, 0) is 0 Å². The van der Waals surface area contributed by atoms with E-state index in [2.05, 4.69) is 37.4 Å². The molecule has 0 bridgehead atoms. The zero-order chi connectivity index (χ0) is 12.3. The van der Waals surface area contributed by atoms with Crippen LogP contribution in [0.25, 0.3) is 0 Å². The summed E-state index contributed by atoms with van der Waals surface area (Å²) >= 11 is 0. The van der Waals surface area contributed by atoms with E-state index in [-0.39, 0.29) is 0 Å². The van der Waals surface area contributed by atoms with Crippen molar-refractivity contribution >= 4 is 0 Å². The average molecular weight is 233 g/mol. The van der Waals surface area contributed by atoms with Crippen molar-refractivity contribution in [2.75, 3.05) is 13.7 Å². The van der Waals surface area contributed by atoms with E-state index < -0.39 is 0 Å². The molecule has 0 heterocycles. The van der Waals surface area contributed by atoms with Crippen LogP contribution < -0.4 is 10.1 Å². The Morgan fingerprint density at radius 2 is 2.18 bits per heavy atom. The lowest BCUT2D eigenvalue weighted by molar-refractivity contribution is 0.152. The van der Waals surface area contributed by atoms with Crippen LogP contribution in [0.3, 0.4) is 0 Å². The van der Waals surface area contributed by atoms with Crippen LogP contribution in [0.4, 0.5) is 0 Å². The second kappa shape index (κ2) is 5.09. The highest BCUT2D eigenvalue weighted by Crippen LogP contribution is 2.39. The van der Waals surface area contributed by atoms with E-state index in [0.29, 0.717) is 11.5 Å². The van der Waals surface area contributed by atoms with E-state index in [1.54, 1.807) is 7.11 Å². The van der Waals surface area contributed by atoms with Crippen molar-refractivity contribution in [2.45, 2.75) is 39.2 Å². The Balaban J connectivity index is 1.91.